The van der Waals surface area contributed by atoms with Gasteiger partial charge in [0.1, 0.15) is 5.54 Å². The number of nitriles is 1. The van der Waals surface area contributed by atoms with E-state index in [9.17, 15) is 0 Å². The Labute approximate surface area is 107 Å². The first-order chi connectivity index (χ1) is 7.97. The third-order valence-electron chi connectivity index (χ3n) is 3.59. The van der Waals surface area contributed by atoms with Gasteiger partial charge < -0.3 is 10.2 Å². The molecule has 0 saturated carbocycles. The monoisotopic (exact) mass is 239 g/mol. The van der Waals surface area contributed by atoms with E-state index in [-0.39, 0.29) is 5.54 Å². The Kier molecular flexibility index (Phi) is 8.20. The SMILES string of the molecule is CCC(C)CN(C)CCCCC(C)(C#N)NC. The second-order valence-electron chi connectivity index (χ2n) is 5.43. The number of unbranched alkanes of at least 4 members (excludes halogenated alkanes) is 1. The Hall–Kier alpha value is -0.590. The summed E-state index contributed by atoms with van der Waals surface area (Å²) < 4.78 is 0. The van der Waals surface area contributed by atoms with E-state index in [4.69, 9.17) is 5.26 Å². The molecule has 0 fully saturated rings. The summed E-state index contributed by atoms with van der Waals surface area (Å²) in [6.07, 6.45) is 4.45. The van der Waals surface area contributed by atoms with Crippen molar-refractivity contribution >= 4 is 0 Å². The van der Waals surface area contributed by atoms with Crippen LogP contribution in [0.5, 0.6) is 0 Å². The summed E-state index contributed by atoms with van der Waals surface area (Å²) in [4.78, 5) is 2.40. The van der Waals surface area contributed by atoms with Crippen molar-refractivity contribution in [3.05, 3.63) is 0 Å². The highest BCUT2D eigenvalue weighted by Gasteiger charge is 2.19. The van der Waals surface area contributed by atoms with E-state index in [1.165, 1.54) is 19.4 Å². The number of hydrogen-bond donors (Lipinski definition) is 1. The lowest BCUT2D eigenvalue weighted by Gasteiger charge is -2.23. The standard InChI is InChI=1S/C14H29N3/c1-6-13(2)11-17(5)10-8-7-9-14(3,12-15)16-4/h13,16H,6-11H2,1-5H3. The molecule has 0 aromatic heterocycles. The molecule has 1 N–H and O–H groups in total. The average Bonchev–Trinajstić information content (AvgIpc) is 2.34. The minimum atomic E-state index is -0.352. The van der Waals surface area contributed by atoms with Crippen LogP contribution in [0.25, 0.3) is 0 Å². The van der Waals surface area contributed by atoms with Crippen molar-refractivity contribution in [2.75, 3.05) is 27.2 Å². The van der Waals surface area contributed by atoms with Crippen LogP contribution in [0.15, 0.2) is 0 Å². The molecule has 0 aromatic rings. The second kappa shape index (κ2) is 8.49. The van der Waals surface area contributed by atoms with Crippen LogP contribution >= 0.6 is 0 Å². The summed E-state index contributed by atoms with van der Waals surface area (Å²) >= 11 is 0. The number of rotatable bonds is 9. The maximum absolute atomic E-state index is 9.02. The molecule has 0 amide bonds. The average molecular weight is 239 g/mol. The minimum absolute atomic E-state index is 0.352. The highest BCUT2D eigenvalue weighted by molar-refractivity contribution is 5.02. The molecule has 0 bridgehead atoms. The fourth-order valence-electron chi connectivity index (χ4n) is 1.85. The predicted molar refractivity (Wildman–Crippen MR) is 73.9 cm³/mol. The molecular weight excluding hydrogens is 210 g/mol. The van der Waals surface area contributed by atoms with Crippen molar-refractivity contribution in [2.24, 2.45) is 5.92 Å². The molecule has 17 heavy (non-hydrogen) atoms. The van der Waals surface area contributed by atoms with Crippen LogP contribution < -0.4 is 5.32 Å². The molecule has 0 spiro atoms. The zero-order chi connectivity index (χ0) is 13.3. The quantitative estimate of drug-likeness (QED) is 0.629. The summed E-state index contributed by atoms with van der Waals surface area (Å²) in [5, 5.41) is 12.1. The molecule has 0 aliphatic heterocycles. The lowest BCUT2D eigenvalue weighted by Crippen LogP contribution is -2.38. The van der Waals surface area contributed by atoms with Gasteiger partial charge >= 0.3 is 0 Å². The van der Waals surface area contributed by atoms with Gasteiger partial charge in [-0.15, -0.1) is 0 Å². The van der Waals surface area contributed by atoms with Crippen molar-refractivity contribution in [3.8, 4) is 6.07 Å². The number of nitrogens with one attached hydrogen (secondary N) is 1. The summed E-state index contributed by atoms with van der Waals surface area (Å²) in [5.74, 6) is 0.779. The van der Waals surface area contributed by atoms with Crippen LogP contribution in [0.4, 0.5) is 0 Å². The van der Waals surface area contributed by atoms with Crippen LogP contribution in [-0.4, -0.2) is 37.6 Å². The van der Waals surface area contributed by atoms with Crippen LogP contribution in [0.3, 0.4) is 0 Å². The van der Waals surface area contributed by atoms with Crippen LogP contribution in [0.2, 0.25) is 0 Å². The topological polar surface area (TPSA) is 39.1 Å². The molecule has 3 heteroatoms. The largest absolute Gasteiger partial charge is 0.306 e. The normalized spacial score (nSPS) is 16.5. The van der Waals surface area contributed by atoms with E-state index in [0.717, 1.165) is 25.3 Å². The van der Waals surface area contributed by atoms with Gasteiger partial charge in [0.2, 0.25) is 0 Å². The third-order valence-corrected chi connectivity index (χ3v) is 3.59. The molecule has 0 aliphatic rings. The lowest BCUT2D eigenvalue weighted by atomic mass is 9.97. The Morgan fingerprint density at radius 2 is 2.06 bits per heavy atom. The summed E-state index contributed by atoms with van der Waals surface area (Å²) in [6.45, 7) is 8.82. The van der Waals surface area contributed by atoms with E-state index < -0.39 is 0 Å². The van der Waals surface area contributed by atoms with Crippen molar-refractivity contribution in [3.63, 3.8) is 0 Å². The van der Waals surface area contributed by atoms with Gasteiger partial charge in [-0.25, -0.2) is 0 Å². The molecule has 0 aromatic carbocycles. The highest BCUT2D eigenvalue weighted by Crippen LogP contribution is 2.12. The van der Waals surface area contributed by atoms with Crippen LogP contribution in [0, 0.1) is 17.2 Å². The van der Waals surface area contributed by atoms with Crippen molar-refractivity contribution in [1.82, 2.24) is 10.2 Å². The third kappa shape index (κ3) is 7.36. The zero-order valence-electron chi connectivity index (χ0n) is 12.2. The maximum atomic E-state index is 9.02. The van der Waals surface area contributed by atoms with Crippen molar-refractivity contribution in [2.45, 2.75) is 52.0 Å². The van der Waals surface area contributed by atoms with E-state index in [2.05, 4.69) is 37.2 Å². The summed E-state index contributed by atoms with van der Waals surface area (Å²) in [6, 6.07) is 2.33. The smallest absolute Gasteiger partial charge is 0.103 e. The lowest BCUT2D eigenvalue weighted by molar-refractivity contribution is 0.272. The molecule has 0 heterocycles. The maximum Gasteiger partial charge on any atom is 0.103 e. The molecule has 0 saturated heterocycles. The fourth-order valence-corrected chi connectivity index (χ4v) is 1.85. The molecular formula is C14H29N3. The number of hydrogen-bond acceptors (Lipinski definition) is 3. The Morgan fingerprint density at radius 1 is 1.41 bits per heavy atom. The van der Waals surface area contributed by atoms with Gasteiger partial charge in [-0.05, 0) is 52.7 Å². The molecule has 100 valence electrons. The van der Waals surface area contributed by atoms with Crippen LogP contribution in [-0.2, 0) is 0 Å². The summed E-state index contributed by atoms with van der Waals surface area (Å²) in [7, 11) is 4.05. The molecule has 2 atom stereocenters. The predicted octanol–water partition coefficient (Wildman–Crippen LogP) is 2.64. The first-order valence-electron chi connectivity index (χ1n) is 6.76. The molecule has 2 unspecified atom stereocenters. The Bertz CT molecular complexity index is 234. The fraction of sp³-hybridized carbons (Fsp3) is 0.929. The van der Waals surface area contributed by atoms with Gasteiger partial charge in [0.05, 0.1) is 6.07 Å². The minimum Gasteiger partial charge on any atom is -0.306 e. The first kappa shape index (κ1) is 16.4. The highest BCUT2D eigenvalue weighted by atomic mass is 15.1. The molecule has 0 aliphatic carbocycles. The Morgan fingerprint density at radius 3 is 2.53 bits per heavy atom. The second-order valence-corrected chi connectivity index (χ2v) is 5.43. The summed E-state index contributed by atoms with van der Waals surface area (Å²) in [5.41, 5.74) is -0.352. The van der Waals surface area contributed by atoms with Gasteiger partial charge in [0.15, 0.2) is 0 Å². The number of nitrogens with zero attached hydrogens (tertiary/aromatic N) is 2. The van der Waals surface area contributed by atoms with Gasteiger partial charge in [-0.2, -0.15) is 5.26 Å². The molecule has 3 nitrogen and oxygen atoms in total. The zero-order valence-corrected chi connectivity index (χ0v) is 12.2. The first-order valence-corrected chi connectivity index (χ1v) is 6.76. The Balaban J connectivity index is 3.68. The van der Waals surface area contributed by atoms with Crippen molar-refractivity contribution in [1.29, 1.82) is 5.26 Å². The van der Waals surface area contributed by atoms with Crippen molar-refractivity contribution < 1.29 is 0 Å². The van der Waals surface area contributed by atoms with E-state index in [0.29, 0.717) is 0 Å². The molecule has 0 rings (SSSR count). The van der Waals surface area contributed by atoms with E-state index in [1.807, 2.05) is 14.0 Å². The van der Waals surface area contributed by atoms with E-state index in [1.54, 1.807) is 0 Å². The molecule has 0 radical (unpaired) electrons. The van der Waals surface area contributed by atoms with Gasteiger partial charge in [-0.3, -0.25) is 0 Å². The van der Waals surface area contributed by atoms with E-state index >= 15 is 0 Å². The van der Waals surface area contributed by atoms with Gasteiger partial charge in [-0.1, -0.05) is 20.3 Å². The van der Waals surface area contributed by atoms with Gasteiger partial charge in [0, 0.05) is 6.54 Å². The van der Waals surface area contributed by atoms with Gasteiger partial charge in [0.25, 0.3) is 0 Å². The van der Waals surface area contributed by atoms with Crippen LogP contribution in [0.1, 0.15) is 46.5 Å².